The lowest BCUT2D eigenvalue weighted by Crippen LogP contribution is -2.44. The third-order valence-electron chi connectivity index (χ3n) is 3.44. The summed E-state index contributed by atoms with van der Waals surface area (Å²) >= 11 is 5.97. The molecule has 0 spiro atoms. The maximum absolute atomic E-state index is 13.6. The summed E-state index contributed by atoms with van der Waals surface area (Å²) in [6.07, 6.45) is 0. The SMILES string of the molecule is CC(C)(C)[Si](C)(C)Oc1c(Cl)ccc(F)c1C(=O)O. The van der Waals surface area contributed by atoms with E-state index >= 15 is 0 Å². The van der Waals surface area contributed by atoms with Crippen LogP contribution in [0.4, 0.5) is 4.39 Å². The molecule has 0 radical (unpaired) electrons. The molecular weight excluding hydrogens is 287 g/mol. The van der Waals surface area contributed by atoms with Gasteiger partial charge < -0.3 is 9.53 Å². The van der Waals surface area contributed by atoms with E-state index in [1.807, 2.05) is 33.9 Å². The third-order valence-corrected chi connectivity index (χ3v) is 8.06. The van der Waals surface area contributed by atoms with Crippen LogP contribution in [0.15, 0.2) is 12.1 Å². The van der Waals surface area contributed by atoms with E-state index in [2.05, 4.69) is 0 Å². The van der Waals surface area contributed by atoms with E-state index in [4.69, 9.17) is 21.1 Å². The van der Waals surface area contributed by atoms with Crippen molar-refractivity contribution >= 4 is 25.9 Å². The van der Waals surface area contributed by atoms with Crippen molar-refractivity contribution in [2.75, 3.05) is 0 Å². The van der Waals surface area contributed by atoms with Crippen molar-refractivity contribution in [3.63, 3.8) is 0 Å². The number of hydrogen-bond donors (Lipinski definition) is 1. The fourth-order valence-electron chi connectivity index (χ4n) is 1.24. The van der Waals surface area contributed by atoms with Crippen molar-refractivity contribution < 1.29 is 18.7 Å². The van der Waals surface area contributed by atoms with Crippen LogP contribution < -0.4 is 4.43 Å². The molecule has 0 heterocycles. The van der Waals surface area contributed by atoms with Crippen LogP contribution in [0.1, 0.15) is 31.1 Å². The van der Waals surface area contributed by atoms with Gasteiger partial charge in [0.15, 0.2) is 0 Å². The van der Waals surface area contributed by atoms with Crippen LogP contribution in [-0.4, -0.2) is 19.4 Å². The Balaban J connectivity index is 3.36. The standard InChI is InChI=1S/C13H18ClFO3Si/c1-13(2,3)19(4,5)18-11-8(14)6-7-9(15)10(11)12(16)17/h6-7H,1-5H3,(H,16,17). The summed E-state index contributed by atoms with van der Waals surface area (Å²) < 4.78 is 19.5. The second-order valence-corrected chi connectivity index (χ2v) is 11.0. The first-order chi connectivity index (χ1) is 8.47. The van der Waals surface area contributed by atoms with Gasteiger partial charge in [0.2, 0.25) is 0 Å². The largest absolute Gasteiger partial charge is 0.542 e. The molecule has 3 nitrogen and oxygen atoms in total. The molecule has 19 heavy (non-hydrogen) atoms. The van der Waals surface area contributed by atoms with Gasteiger partial charge >= 0.3 is 5.97 Å². The minimum absolute atomic E-state index is 0.0687. The summed E-state index contributed by atoms with van der Waals surface area (Å²) in [6, 6.07) is 2.34. The van der Waals surface area contributed by atoms with E-state index in [1.165, 1.54) is 6.07 Å². The van der Waals surface area contributed by atoms with Crippen molar-refractivity contribution in [3.8, 4) is 5.75 Å². The van der Waals surface area contributed by atoms with Crippen molar-refractivity contribution in [1.82, 2.24) is 0 Å². The Morgan fingerprint density at radius 3 is 2.32 bits per heavy atom. The van der Waals surface area contributed by atoms with Crippen LogP contribution in [0.5, 0.6) is 5.75 Å². The summed E-state index contributed by atoms with van der Waals surface area (Å²) in [7, 11) is -2.29. The molecule has 106 valence electrons. The lowest BCUT2D eigenvalue weighted by molar-refractivity contribution is 0.0689. The first-order valence-electron chi connectivity index (χ1n) is 5.87. The number of carboxylic acids is 1. The zero-order chi connectivity index (χ0) is 15.0. The van der Waals surface area contributed by atoms with Crippen molar-refractivity contribution in [2.45, 2.75) is 38.9 Å². The lowest BCUT2D eigenvalue weighted by atomic mass is 10.2. The topological polar surface area (TPSA) is 46.5 Å². The van der Waals surface area contributed by atoms with Crippen LogP contribution >= 0.6 is 11.6 Å². The first-order valence-corrected chi connectivity index (χ1v) is 9.16. The van der Waals surface area contributed by atoms with Gasteiger partial charge in [0.05, 0.1) is 5.02 Å². The molecule has 0 aromatic heterocycles. The van der Waals surface area contributed by atoms with Crippen LogP contribution in [0, 0.1) is 5.82 Å². The van der Waals surface area contributed by atoms with Gasteiger partial charge in [-0.3, -0.25) is 0 Å². The maximum atomic E-state index is 13.6. The Hall–Kier alpha value is -1.07. The number of halogens is 2. The molecule has 0 aliphatic rings. The van der Waals surface area contributed by atoms with Crippen LogP contribution in [0.2, 0.25) is 23.2 Å². The molecule has 0 unspecified atom stereocenters. The molecule has 6 heteroatoms. The smallest absolute Gasteiger partial charge is 0.342 e. The summed E-state index contributed by atoms with van der Waals surface area (Å²) in [5, 5.41) is 9.08. The van der Waals surface area contributed by atoms with E-state index < -0.39 is 25.7 Å². The predicted molar refractivity (Wildman–Crippen MR) is 76.2 cm³/mol. The van der Waals surface area contributed by atoms with Gasteiger partial charge in [-0.15, -0.1) is 0 Å². The fourth-order valence-corrected chi connectivity index (χ4v) is 2.53. The molecule has 0 amide bonds. The number of hydrogen-bond acceptors (Lipinski definition) is 2. The van der Waals surface area contributed by atoms with E-state index in [0.29, 0.717) is 0 Å². The molecule has 1 aromatic carbocycles. The van der Waals surface area contributed by atoms with E-state index in [-0.39, 0.29) is 15.8 Å². The predicted octanol–water partition coefficient (Wildman–Crippen LogP) is 4.56. The summed E-state index contributed by atoms with van der Waals surface area (Å²) in [5.74, 6) is -2.29. The van der Waals surface area contributed by atoms with Gasteiger partial charge in [0, 0.05) is 0 Å². The highest BCUT2D eigenvalue weighted by molar-refractivity contribution is 6.74. The quantitative estimate of drug-likeness (QED) is 0.833. The second kappa shape index (κ2) is 5.13. The molecular formula is C13H18ClFO3Si. The molecule has 1 rings (SSSR count). The van der Waals surface area contributed by atoms with Gasteiger partial charge in [-0.1, -0.05) is 32.4 Å². The molecule has 1 N–H and O–H groups in total. The fraction of sp³-hybridized carbons (Fsp3) is 0.462. The normalized spacial score (nSPS) is 12.4. The molecule has 0 bridgehead atoms. The summed E-state index contributed by atoms with van der Waals surface area (Å²) in [4.78, 5) is 11.2. The monoisotopic (exact) mass is 304 g/mol. The maximum Gasteiger partial charge on any atom is 0.342 e. The molecule has 0 aliphatic carbocycles. The van der Waals surface area contributed by atoms with Crippen molar-refractivity contribution in [2.24, 2.45) is 0 Å². The summed E-state index contributed by atoms with van der Waals surface area (Å²) in [6.45, 7) is 9.91. The average Bonchev–Trinajstić information content (AvgIpc) is 2.21. The Morgan fingerprint density at radius 2 is 1.89 bits per heavy atom. The van der Waals surface area contributed by atoms with Gasteiger partial charge in [0.1, 0.15) is 17.1 Å². The zero-order valence-electron chi connectivity index (χ0n) is 11.7. The summed E-state index contributed by atoms with van der Waals surface area (Å²) in [5.41, 5.74) is -0.502. The minimum atomic E-state index is -2.29. The van der Waals surface area contributed by atoms with Crippen LogP contribution in [-0.2, 0) is 0 Å². The Labute approximate surface area is 118 Å². The zero-order valence-corrected chi connectivity index (χ0v) is 13.4. The Kier molecular flexibility index (Phi) is 4.32. The van der Waals surface area contributed by atoms with Gasteiger partial charge in [-0.25, -0.2) is 9.18 Å². The first kappa shape index (κ1) is 16.0. The average molecular weight is 305 g/mol. The highest BCUT2D eigenvalue weighted by Crippen LogP contribution is 2.41. The van der Waals surface area contributed by atoms with Gasteiger partial charge in [0.25, 0.3) is 8.32 Å². The molecule has 0 saturated heterocycles. The third kappa shape index (κ3) is 3.28. The van der Waals surface area contributed by atoms with E-state index in [0.717, 1.165) is 6.07 Å². The highest BCUT2D eigenvalue weighted by Gasteiger charge is 2.40. The Morgan fingerprint density at radius 1 is 1.37 bits per heavy atom. The molecule has 0 saturated carbocycles. The molecule has 0 aliphatic heterocycles. The van der Waals surface area contributed by atoms with Crippen LogP contribution in [0.25, 0.3) is 0 Å². The number of benzene rings is 1. The van der Waals surface area contributed by atoms with Gasteiger partial charge in [-0.05, 0) is 30.3 Å². The molecule has 1 aromatic rings. The second-order valence-electron chi connectivity index (χ2n) is 5.90. The number of rotatable bonds is 3. The number of carboxylic acid groups (broad SMARTS) is 1. The number of carbonyl (C=O) groups is 1. The molecule has 0 atom stereocenters. The Bertz CT molecular complexity index is 509. The highest BCUT2D eigenvalue weighted by atomic mass is 35.5. The van der Waals surface area contributed by atoms with Crippen molar-refractivity contribution in [1.29, 1.82) is 0 Å². The van der Waals surface area contributed by atoms with Gasteiger partial charge in [-0.2, -0.15) is 0 Å². The lowest BCUT2D eigenvalue weighted by Gasteiger charge is -2.37. The van der Waals surface area contributed by atoms with Crippen LogP contribution in [0.3, 0.4) is 0 Å². The van der Waals surface area contributed by atoms with Crippen molar-refractivity contribution in [3.05, 3.63) is 28.5 Å². The molecule has 0 fully saturated rings. The van der Waals surface area contributed by atoms with E-state index in [9.17, 15) is 9.18 Å². The number of aromatic carboxylic acids is 1. The van der Waals surface area contributed by atoms with E-state index in [1.54, 1.807) is 0 Å². The minimum Gasteiger partial charge on any atom is -0.542 e.